The zero-order valence-electron chi connectivity index (χ0n) is 8.61. The minimum Gasteiger partial charge on any atom is -0.507 e. The van der Waals surface area contributed by atoms with Gasteiger partial charge >= 0.3 is 0 Å². The van der Waals surface area contributed by atoms with Crippen LogP contribution in [-0.2, 0) is 4.84 Å². The molecule has 0 aromatic heterocycles. The SMILES string of the molecule is CCONC(=O)c1ccc(OC)cc1O. The first-order valence-electron chi connectivity index (χ1n) is 4.48. The van der Waals surface area contributed by atoms with Crippen molar-refractivity contribution in [2.24, 2.45) is 0 Å². The van der Waals surface area contributed by atoms with E-state index >= 15 is 0 Å². The average molecular weight is 211 g/mol. The largest absolute Gasteiger partial charge is 0.507 e. The van der Waals surface area contributed by atoms with Crippen molar-refractivity contribution >= 4 is 5.91 Å². The summed E-state index contributed by atoms with van der Waals surface area (Å²) in [6.07, 6.45) is 0. The Morgan fingerprint density at radius 2 is 2.27 bits per heavy atom. The maximum atomic E-state index is 11.4. The van der Waals surface area contributed by atoms with E-state index < -0.39 is 5.91 Å². The molecule has 0 aliphatic carbocycles. The number of ether oxygens (including phenoxy) is 1. The van der Waals surface area contributed by atoms with E-state index in [0.29, 0.717) is 12.4 Å². The highest BCUT2D eigenvalue weighted by atomic mass is 16.6. The van der Waals surface area contributed by atoms with E-state index in [0.717, 1.165) is 0 Å². The van der Waals surface area contributed by atoms with Crippen LogP contribution in [0.4, 0.5) is 0 Å². The standard InChI is InChI=1S/C10H13NO4/c1-3-15-11-10(13)8-5-4-7(14-2)6-9(8)12/h4-6,12H,3H2,1-2H3,(H,11,13). The third kappa shape index (κ3) is 2.85. The molecular weight excluding hydrogens is 198 g/mol. The Kier molecular flexibility index (Phi) is 3.93. The maximum Gasteiger partial charge on any atom is 0.278 e. The molecule has 0 atom stereocenters. The summed E-state index contributed by atoms with van der Waals surface area (Å²) in [5, 5.41) is 9.50. The zero-order valence-corrected chi connectivity index (χ0v) is 8.61. The molecule has 0 heterocycles. The lowest BCUT2D eigenvalue weighted by atomic mass is 10.2. The molecule has 0 saturated carbocycles. The van der Waals surface area contributed by atoms with Crippen molar-refractivity contribution in [3.8, 4) is 11.5 Å². The van der Waals surface area contributed by atoms with E-state index in [4.69, 9.17) is 9.57 Å². The molecule has 0 saturated heterocycles. The third-order valence-corrected chi connectivity index (χ3v) is 1.76. The number of amides is 1. The zero-order chi connectivity index (χ0) is 11.3. The second kappa shape index (κ2) is 5.21. The van der Waals surface area contributed by atoms with Gasteiger partial charge in [-0.2, -0.15) is 0 Å². The fourth-order valence-corrected chi connectivity index (χ4v) is 1.02. The number of hydrogen-bond donors (Lipinski definition) is 2. The number of methoxy groups -OCH3 is 1. The number of hydroxylamine groups is 1. The van der Waals surface area contributed by atoms with Crippen molar-refractivity contribution in [2.75, 3.05) is 13.7 Å². The van der Waals surface area contributed by atoms with Crippen LogP contribution in [0.2, 0.25) is 0 Å². The smallest absolute Gasteiger partial charge is 0.278 e. The molecule has 0 radical (unpaired) electrons. The minimum atomic E-state index is -0.489. The highest BCUT2D eigenvalue weighted by Gasteiger charge is 2.11. The topological polar surface area (TPSA) is 67.8 Å². The molecule has 0 unspecified atom stereocenters. The molecule has 0 fully saturated rings. The first kappa shape index (κ1) is 11.3. The lowest BCUT2D eigenvalue weighted by Gasteiger charge is -2.07. The first-order chi connectivity index (χ1) is 7.19. The summed E-state index contributed by atoms with van der Waals surface area (Å²) in [7, 11) is 1.48. The van der Waals surface area contributed by atoms with Gasteiger partial charge in [0.2, 0.25) is 0 Å². The number of nitrogens with one attached hydrogen (secondary N) is 1. The van der Waals surface area contributed by atoms with E-state index in [1.54, 1.807) is 13.0 Å². The normalized spacial score (nSPS) is 9.73. The van der Waals surface area contributed by atoms with Crippen LogP contribution in [0.15, 0.2) is 18.2 Å². The Morgan fingerprint density at radius 1 is 1.53 bits per heavy atom. The van der Waals surface area contributed by atoms with Crippen LogP contribution in [0.3, 0.4) is 0 Å². The second-order valence-electron chi connectivity index (χ2n) is 2.75. The van der Waals surface area contributed by atoms with Crippen molar-refractivity contribution in [1.82, 2.24) is 5.48 Å². The van der Waals surface area contributed by atoms with Gasteiger partial charge < -0.3 is 9.84 Å². The van der Waals surface area contributed by atoms with Gasteiger partial charge in [0.25, 0.3) is 5.91 Å². The molecule has 2 N–H and O–H groups in total. The number of phenols is 1. The molecule has 1 aromatic rings. The molecule has 1 rings (SSSR count). The number of carbonyl (C=O) groups excluding carboxylic acids is 1. The van der Waals surface area contributed by atoms with Crippen molar-refractivity contribution in [3.63, 3.8) is 0 Å². The van der Waals surface area contributed by atoms with E-state index in [1.165, 1.54) is 19.2 Å². The van der Waals surface area contributed by atoms with E-state index in [2.05, 4.69) is 5.48 Å². The lowest BCUT2D eigenvalue weighted by molar-refractivity contribution is 0.0362. The van der Waals surface area contributed by atoms with Crippen molar-refractivity contribution in [1.29, 1.82) is 0 Å². The van der Waals surface area contributed by atoms with Gasteiger partial charge in [0.15, 0.2) is 0 Å². The van der Waals surface area contributed by atoms with Gasteiger partial charge in [-0.25, -0.2) is 5.48 Å². The lowest BCUT2D eigenvalue weighted by Crippen LogP contribution is -2.23. The van der Waals surface area contributed by atoms with Gasteiger partial charge in [0.1, 0.15) is 11.5 Å². The summed E-state index contributed by atoms with van der Waals surface area (Å²) < 4.78 is 4.89. The quantitative estimate of drug-likeness (QED) is 0.731. The molecule has 5 nitrogen and oxygen atoms in total. The van der Waals surface area contributed by atoms with E-state index in [1.807, 2.05) is 0 Å². The second-order valence-corrected chi connectivity index (χ2v) is 2.75. The molecule has 0 bridgehead atoms. The van der Waals surface area contributed by atoms with Crippen molar-refractivity contribution < 1.29 is 19.5 Å². The molecule has 15 heavy (non-hydrogen) atoms. The van der Waals surface area contributed by atoms with Crippen LogP contribution < -0.4 is 10.2 Å². The molecular formula is C10H13NO4. The predicted octanol–water partition coefficient (Wildman–Crippen LogP) is 1.08. The van der Waals surface area contributed by atoms with Crippen LogP contribution in [0.1, 0.15) is 17.3 Å². The van der Waals surface area contributed by atoms with E-state index in [-0.39, 0.29) is 11.3 Å². The highest BCUT2D eigenvalue weighted by molar-refractivity contribution is 5.96. The van der Waals surface area contributed by atoms with Crippen molar-refractivity contribution in [3.05, 3.63) is 23.8 Å². The van der Waals surface area contributed by atoms with Crippen LogP contribution in [0.25, 0.3) is 0 Å². The average Bonchev–Trinajstić information content (AvgIpc) is 2.25. The molecule has 1 aromatic carbocycles. The van der Waals surface area contributed by atoms with E-state index in [9.17, 15) is 9.90 Å². The molecule has 1 amide bonds. The van der Waals surface area contributed by atoms with Gasteiger partial charge in [-0.05, 0) is 19.1 Å². The number of phenolic OH excluding ortho intramolecular Hbond substituents is 1. The molecule has 82 valence electrons. The summed E-state index contributed by atoms with van der Waals surface area (Å²) >= 11 is 0. The Balaban J connectivity index is 2.81. The maximum absolute atomic E-state index is 11.4. The number of rotatable bonds is 4. The number of carbonyl (C=O) groups is 1. The number of hydrogen-bond acceptors (Lipinski definition) is 4. The fraction of sp³-hybridized carbons (Fsp3) is 0.300. The van der Waals surface area contributed by atoms with Gasteiger partial charge in [0, 0.05) is 6.07 Å². The summed E-state index contributed by atoms with van der Waals surface area (Å²) in [4.78, 5) is 16.1. The Morgan fingerprint density at radius 3 is 2.80 bits per heavy atom. The summed E-state index contributed by atoms with van der Waals surface area (Å²) in [5.74, 6) is -0.149. The monoisotopic (exact) mass is 211 g/mol. The summed E-state index contributed by atoms with van der Waals surface area (Å²) in [6.45, 7) is 2.11. The summed E-state index contributed by atoms with van der Waals surface area (Å²) in [5.41, 5.74) is 2.33. The van der Waals surface area contributed by atoms with Gasteiger partial charge in [-0.1, -0.05) is 0 Å². The first-order valence-corrected chi connectivity index (χ1v) is 4.48. The van der Waals surface area contributed by atoms with Crippen LogP contribution in [0, 0.1) is 0 Å². The Labute approximate surface area is 87.6 Å². The van der Waals surface area contributed by atoms with Crippen molar-refractivity contribution in [2.45, 2.75) is 6.92 Å². The minimum absolute atomic E-state index is 0.143. The van der Waals surface area contributed by atoms with Crippen LogP contribution in [-0.4, -0.2) is 24.7 Å². The molecule has 0 spiro atoms. The van der Waals surface area contributed by atoms with Gasteiger partial charge in [-0.3, -0.25) is 9.63 Å². The Bertz CT molecular complexity index is 351. The summed E-state index contributed by atoms with van der Waals surface area (Å²) in [6, 6.07) is 4.41. The molecule has 5 heteroatoms. The predicted molar refractivity (Wildman–Crippen MR) is 53.8 cm³/mol. The van der Waals surface area contributed by atoms with Crippen LogP contribution in [0.5, 0.6) is 11.5 Å². The number of aromatic hydroxyl groups is 1. The molecule has 0 aliphatic rings. The molecule has 0 aliphatic heterocycles. The van der Waals surface area contributed by atoms with Gasteiger partial charge in [-0.15, -0.1) is 0 Å². The fourth-order valence-electron chi connectivity index (χ4n) is 1.02. The Hall–Kier alpha value is -1.75. The van der Waals surface area contributed by atoms with Gasteiger partial charge in [0.05, 0.1) is 19.3 Å². The highest BCUT2D eigenvalue weighted by Crippen LogP contribution is 2.22. The number of benzene rings is 1. The van der Waals surface area contributed by atoms with Crippen LogP contribution >= 0.6 is 0 Å². The third-order valence-electron chi connectivity index (χ3n) is 1.76.